The molecule has 0 aliphatic carbocycles. The summed E-state index contributed by atoms with van der Waals surface area (Å²) in [6, 6.07) is 7.61. The molecule has 1 rings (SSSR count). The molecular formula is C13H20ClNO2S. The molecule has 0 aliphatic rings. The van der Waals surface area contributed by atoms with Gasteiger partial charge in [0.25, 0.3) is 0 Å². The quantitative estimate of drug-likeness (QED) is 0.876. The Bertz CT molecular complexity index is 486. The third-order valence-corrected chi connectivity index (χ3v) is 5.48. The van der Waals surface area contributed by atoms with E-state index in [1.165, 1.54) is 0 Å². The maximum atomic E-state index is 11.6. The van der Waals surface area contributed by atoms with Gasteiger partial charge in [0.15, 0.2) is 9.84 Å². The van der Waals surface area contributed by atoms with Crippen LogP contribution in [-0.4, -0.2) is 26.0 Å². The van der Waals surface area contributed by atoms with Gasteiger partial charge in [-0.3, -0.25) is 0 Å². The fourth-order valence-electron chi connectivity index (χ4n) is 1.59. The van der Waals surface area contributed by atoms with Gasteiger partial charge in [-0.1, -0.05) is 29.8 Å². The van der Waals surface area contributed by atoms with Crippen molar-refractivity contribution in [2.75, 3.05) is 12.3 Å². The molecule has 1 aromatic carbocycles. The second kappa shape index (κ2) is 6.55. The number of halogens is 1. The van der Waals surface area contributed by atoms with Crippen LogP contribution < -0.4 is 5.32 Å². The van der Waals surface area contributed by atoms with Crippen molar-refractivity contribution in [2.24, 2.45) is 0 Å². The van der Waals surface area contributed by atoms with E-state index in [0.717, 1.165) is 5.56 Å². The molecule has 102 valence electrons. The fourth-order valence-corrected chi connectivity index (χ4v) is 2.76. The minimum atomic E-state index is -2.98. The van der Waals surface area contributed by atoms with E-state index in [1.54, 1.807) is 13.8 Å². The van der Waals surface area contributed by atoms with Crippen LogP contribution in [0.5, 0.6) is 0 Å². The molecule has 1 aromatic rings. The summed E-state index contributed by atoms with van der Waals surface area (Å²) in [6.45, 7) is 5.82. The van der Waals surface area contributed by atoms with E-state index in [0.29, 0.717) is 11.6 Å². The predicted octanol–water partition coefficient (Wildman–Crippen LogP) is 2.81. The SMILES string of the molecule is CC(C)S(=O)(=O)CCN[C@H](C)c1ccccc1Cl. The predicted molar refractivity (Wildman–Crippen MR) is 76.8 cm³/mol. The molecule has 0 amide bonds. The highest BCUT2D eigenvalue weighted by atomic mass is 35.5. The van der Waals surface area contributed by atoms with Crippen LogP contribution in [0.15, 0.2) is 24.3 Å². The molecule has 0 fully saturated rings. The van der Waals surface area contributed by atoms with E-state index >= 15 is 0 Å². The van der Waals surface area contributed by atoms with Crippen LogP contribution in [0.1, 0.15) is 32.4 Å². The van der Waals surface area contributed by atoms with Crippen LogP contribution >= 0.6 is 11.6 Å². The zero-order valence-electron chi connectivity index (χ0n) is 11.0. The van der Waals surface area contributed by atoms with Crippen molar-refractivity contribution in [3.63, 3.8) is 0 Å². The van der Waals surface area contributed by atoms with Gasteiger partial charge in [0.2, 0.25) is 0 Å². The summed E-state index contributed by atoms with van der Waals surface area (Å²) in [5, 5.41) is 3.56. The number of hydrogen-bond donors (Lipinski definition) is 1. The second-order valence-electron chi connectivity index (χ2n) is 4.61. The normalized spacial score (nSPS) is 13.8. The van der Waals surface area contributed by atoms with Gasteiger partial charge in [0.05, 0.1) is 11.0 Å². The first-order valence-corrected chi connectivity index (χ1v) is 8.13. The molecule has 0 bridgehead atoms. The van der Waals surface area contributed by atoms with Gasteiger partial charge >= 0.3 is 0 Å². The Kier molecular flexibility index (Phi) is 5.63. The minimum absolute atomic E-state index is 0.0427. The van der Waals surface area contributed by atoms with E-state index in [1.807, 2.05) is 31.2 Å². The van der Waals surface area contributed by atoms with Gasteiger partial charge in [-0.15, -0.1) is 0 Å². The van der Waals surface area contributed by atoms with Crippen LogP contribution in [0, 0.1) is 0 Å². The molecule has 18 heavy (non-hydrogen) atoms. The molecule has 0 unspecified atom stereocenters. The summed E-state index contributed by atoms with van der Waals surface area (Å²) in [7, 11) is -2.98. The van der Waals surface area contributed by atoms with Gasteiger partial charge in [-0.25, -0.2) is 8.42 Å². The van der Waals surface area contributed by atoms with Crippen LogP contribution in [0.4, 0.5) is 0 Å². The van der Waals surface area contributed by atoms with Gasteiger partial charge in [0, 0.05) is 17.6 Å². The van der Waals surface area contributed by atoms with E-state index < -0.39 is 9.84 Å². The maximum Gasteiger partial charge on any atom is 0.153 e. The minimum Gasteiger partial charge on any atom is -0.309 e. The first kappa shape index (κ1) is 15.5. The molecule has 5 heteroatoms. The standard InChI is InChI=1S/C13H20ClNO2S/c1-10(2)18(16,17)9-8-15-11(3)12-6-4-5-7-13(12)14/h4-7,10-11,15H,8-9H2,1-3H3/t11-/m1/s1. The van der Waals surface area contributed by atoms with E-state index in [2.05, 4.69) is 5.32 Å². The smallest absolute Gasteiger partial charge is 0.153 e. The summed E-state index contributed by atoms with van der Waals surface area (Å²) in [5.41, 5.74) is 0.987. The summed E-state index contributed by atoms with van der Waals surface area (Å²) < 4.78 is 23.3. The van der Waals surface area contributed by atoms with E-state index in [-0.39, 0.29) is 17.0 Å². The maximum absolute atomic E-state index is 11.6. The topological polar surface area (TPSA) is 46.2 Å². The Morgan fingerprint density at radius 2 is 1.83 bits per heavy atom. The highest BCUT2D eigenvalue weighted by molar-refractivity contribution is 7.92. The molecule has 0 aliphatic heterocycles. The molecule has 0 spiro atoms. The third kappa shape index (κ3) is 4.26. The van der Waals surface area contributed by atoms with Crippen molar-refractivity contribution in [1.82, 2.24) is 5.32 Å². The summed E-state index contributed by atoms with van der Waals surface area (Å²) >= 11 is 6.08. The summed E-state index contributed by atoms with van der Waals surface area (Å²) in [5.74, 6) is 0.152. The Morgan fingerprint density at radius 1 is 1.22 bits per heavy atom. The Morgan fingerprint density at radius 3 is 2.39 bits per heavy atom. The number of nitrogens with one attached hydrogen (secondary N) is 1. The molecule has 1 atom stereocenters. The molecular weight excluding hydrogens is 270 g/mol. The zero-order valence-corrected chi connectivity index (χ0v) is 12.6. The lowest BCUT2D eigenvalue weighted by atomic mass is 10.1. The van der Waals surface area contributed by atoms with Gasteiger partial charge in [-0.05, 0) is 32.4 Å². The lowest BCUT2D eigenvalue weighted by molar-refractivity contribution is 0.566. The van der Waals surface area contributed by atoms with Crippen molar-refractivity contribution in [3.8, 4) is 0 Å². The van der Waals surface area contributed by atoms with Crippen LogP contribution in [0.3, 0.4) is 0 Å². The highest BCUT2D eigenvalue weighted by Crippen LogP contribution is 2.21. The lowest BCUT2D eigenvalue weighted by Crippen LogP contribution is -2.29. The third-order valence-electron chi connectivity index (χ3n) is 2.93. The van der Waals surface area contributed by atoms with Crippen molar-refractivity contribution in [1.29, 1.82) is 0 Å². The summed E-state index contributed by atoms with van der Waals surface area (Å²) in [4.78, 5) is 0. The molecule has 0 radical (unpaired) electrons. The monoisotopic (exact) mass is 289 g/mol. The summed E-state index contributed by atoms with van der Waals surface area (Å²) in [6.07, 6.45) is 0. The lowest BCUT2D eigenvalue weighted by Gasteiger charge is -2.16. The molecule has 3 nitrogen and oxygen atoms in total. The van der Waals surface area contributed by atoms with Crippen molar-refractivity contribution >= 4 is 21.4 Å². The van der Waals surface area contributed by atoms with Crippen LogP contribution in [0.25, 0.3) is 0 Å². The average Bonchev–Trinajstić information content (AvgIpc) is 2.29. The van der Waals surface area contributed by atoms with Gasteiger partial charge in [-0.2, -0.15) is 0 Å². The Labute approximate surface area is 114 Å². The largest absolute Gasteiger partial charge is 0.309 e. The van der Waals surface area contributed by atoms with E-state index in [4.69, 9.17) is 11.6 Å². The van der Waals surface area contributed by atoms with Crippen molar-refractivity contribution in [2.45, 2.75) is 32.1 Å². The number of sulfone groups is 1. The fraction of sp³-hybridized carbons (Fsp3) is 0.538. The van der Waals surface area contributed by atoms with Crippen LogP contribution in [-0.2, 0) is 9.84 Å². The molecule has 1 N–H and O–H groups in total. The number of rotatable bonds is 6. The first-order chi connectivity index (χ1) is 8.34. The van der Waals surface area contributed by atoms with Crippen molar-refractivity contribution < 1.29 is 8.42 Å². The van der Waals surface area contributed by atoms with Gasteiger partial charge < -0.3 is 5.32 Å². The Hall–Kier alpha value is -0.580. The zero-order chi connectivity index (χ0) is 13.8. The molecule has 0 saturated carbocycles. The molecule has 0 saturated heterocycles. The van der Waals surface area contributed by atoms with Crippen molar-refractivity contribution in [3.05, 3.63) is 34.9 Å². The van der Waals surface area contributed by atoms with E-state index in [9.17, 15) is 8.42 Å². The second-order valence-corrected chi connectivity index (χ2v) is 7.70. The number of hydrogen-bond acceptors (Lipinski definition) is 3. The van der Waals surface area contributed by atoms with Crippen LogP contribution in [0.2, 0.25) is 5.02 Å². The highest BCUT2D eigenvalue weighted by Gasteiger charge is 2.16. The molecule has 0 heterocycles. The number of benzene rings is 1. The Balaban J connectivity index is 2.53. The van der Waals surface area contributed by atoms with Gasteiger partial charge in [0.1, 0.15) is 0 Å². The first-order valence-electron chi connectivity index (χ1n) is 6.04. The molecule has 0 aromatic heterocycles. The average molecular weight is 290 g/mol.